The van der Waals surface area contributed by atoms with Crippen molar-refractivity contribution in [3.63, 3.8) is 0 Å². The molecule has 1 unspecified atom stereocenters. The third-order valence-corrected chi connectivity index (χ3v) is 2.82. The van der Waals surface area contributed by atoms with Gasteiger partial charge >= 0.3 is 0 Å². The fourth-order valence-corrected chi connectivity index (χ4v) is 2.10. The molecule has 0 radical (unpaired) electrons. The van der Waals surface area contributed by atoms with E-state index in [1.165, 1.54) is 5.56 Å². The van der Waals surface area contributed by atoms with Gasteiger partial charge in [0.05, 0.1) is 6.04 Å². The number of hydrogen-bond acceptors (Lipinski definition) is 3. The molecule has 0 bridgehead atoms. The van der Waals surface area contributed by atoms with Crippen LogP contribution >= 0.6 is 12.4 Å². The van der Waals surface area contributed by atoms with Crippen molar-refractivity contribution in [2.24, 2.45) is 4.99 Å². The Morgan fingerprint density at radius 2 is 2.19 bits per heavy atom. The van der Waals surface area contributed by atoms with E-state index in [4.69, 9.17) is 0 Å². The van der Waals surface area contributed by atoms with Crippen molar-refractivity contribution >= 4 is 30.0 Å². The highest BCUT2D eigenvalue weighted by Gasteiger charge is 2.32. The maximum Gasteiger partial charge on any atom is 0.268 e. The van der Waals surface area contributed by atoms with Crippen LogP contribution in [0.1, 0.15) is 18.5 Å². The molecule has 2 aliphatic rings. The minimum absolute atomic E-state index is 0. The van der Waals surface area contributed by atoms with Crippen LogP contribution in [0.2, 0.25) is 0 Å². The van der Waals surface area contributed by atoms with Crippen LogP contribution in [0.4, 0.5) is 5.69 Å². The molecule has 84 valence electrons. The van der Waals surface area contributed by atoms with Crippen molar-refractivity contribution in [3.05, 3.63) is 29.8 Å². The van der Waals surface area contributed by atoms with Gasteiger partial charge in [0.15, 0.2) is 0 Å². The van der Waals surface area contributed by atoms with E-state index in [2.05, 4.69) is 23.3 Å². The number of carbonyl (C=O) groups excluding carboxylic acids is 1. The number of guanidine groups is 1. The first-order valence-corrected chi connectivity index (χ1v) is 5.00. The Morgan fingerprint density at radius 3 is 3.00 bits per heavy atom. The molecule has 1 N–H and O–H groups in total. The van der Waals surface area contributed by atoms with Gasteiger partial charge in [0, 0.05) is 5.69 Å². The monoisotopic (exact) mass is 237 g/mol. The number of rotatable bonds is 0. The molecule has 0 fully saturated rings. The van der Waals surface area contributed by atoms with Gasteiger partial charge in [-0.05, 0) is 18.6 Å². The molecule has 1 aromatic rings. The third-order valence-electron chi connectivity index (χ3n) is 2.82. The maximum absolute atomic E-state index is 11.3. The lowest BCUT2D eigenvalue weighted by atomic mass is 10.0. The van der Waals surface area contributed by atoms with E-state index in [9.17, 15) is 4.79 Å². The Bertz CT molecular complexity index is 472. The molecule has 0 spiro atoms. The molecule has 0 saturated carbocycles. The van der Waals surface area contributed by atoms with Gasteiger partial charge in [0.1, 0.15) is 6.54 Å². The van der Waals surface area contributed by atoms with Crippen LogP contribution in [0, 0.1) is 0 Å². The van der Waals surface area contributed by atoms with E-state index < -0.39 is 0 Å². The molecular formula is C11H12ClN3O. The number of anilines is 1. The summed E-state index contributed by atoms with van der Waals surface area (Å²) >= 11 is 0. The van der Waals surface area contributed by atoms with Crippen LogP contribution in [0.3, 0.4) is 0 Å². The Morgan fingerprint density at radius 1 is 1.44 bits per heavy atom. The van der Waals surface area contributed by atoms with E-state index >= 15 is 0 Å². The fourth-order valence-electron chi connectivity index (χ4n) is 2.10. The highest BCUT2D eigenvalue weighted by atomic mass is 35.5. The minimum Gasteiger partial charge on any atom is -0.349 e. The van der Waals surface area contributed by atoms with Gasteiger partial charge < -0.3 is 10.2 Å². The lowest BCUT2D eigenvalue weighted by molar-refractivity contribution is -0.115. The first-order chi connectivity index (χ1) is 7.25. The average Bonchev–Trinajstić information content (AvgIpc) is 2.59. The van der Waals surface area contributed by atoms with Crippen LogP contribution in [-0.4, -0.2) is 18.4 Å². The summed E-state index contributed by atoms with van der Waals surface area (Å²) in [6, 6.07) is 8.31. The summed E-state index contributed by atoms with van der Waals surface area (Å²) in [4.78, 5) is 17.1. The molecule has 2 aliphatic heterocycles. The van der Waals surface area contributed by atoms with Crippen LogP contribution in [0.15, 0.2) is 29.3 Å². The zero-order valence-corrected chi connectivity index (χ0v) is 9.62. The molecule has 5 heteroatoms. The summed E-state index contributed by atoms with van der Waals surface area (Å²) in [5.74, 6) is 0.604. The molecule has 1 atom stereocenters. The van der Waals surface area contributed by atoms with Crippen molar-refractivity contribution < 1.29 is 4.79 Å². The van der Waals surface area contributed by atoms with Crippen LogP contribution in [-0.2, 0) is 4.79 Å². The van der Waals surface area contributed by atoms with Crippen molar-refractivity contribution in [1.82, 2.24) is 5.32 Å². The first-order valence-electron chi connectivity index (χ1n) is 5.00. The molecule has 1 aromatic carbocycles. The molecule has 16 heavy (non-hydrogen) atoms. The Labute approximate surface area is 99.8 Å². The minimum atomic E-state index is -0.0820. The van der Waals surface area contributed by atoms with Gasteiger partial charge in [-0.1, -0.05) is 18.2 Å². The normalized spacial score (nSPS) is 21.6. The molecule has 0 aliphatic carbocycles. The largest absolute Gasteiger partial charge is 0.349 e. The van der Waals surface area contributed by atoms with Crippen LogP contribution in [0.25, 0.3) is 0 Å². The Balaban J connectivity index is 0.000000963. The highest BCUT2D eigenvalue weighted by Crippen LogP contribution is 2.31. The molecular weight excluding hydrogens is 226 g/mol. The molecule has 0 saturated heterocycles. The Hall–Kier alpha value is -1.55. The van der Waals surface area contributed by atoms with Gasteiger partial charge in [-0.15, -0.1) is 12.4 Å². The first kappa shape index (κ1) is 11.0. The second-order valence-corrected chi connectivity index (χ2v) is 3.84. The number of carbonyl (C=O) groups is 1. The zero-order chi connectivity index (χ0) is 10.4. The Kier molecular flexibility index (Phi) is 2.59. The molecule has 1 amide bonds. The van der Waals surface area contributed by atoms with Crippen molar-refractivity contribution in [2.45, 2.75) is 13.0 Å². The number of aliphatic imine (C=N–C) groups is 1. The summed E-state index contributed by atoms with van der Waals surface area (Å²) in [5.41, 5.74) is 2.31. The predicted octanol–water partition coefficient (Wildman–Crippen LogP) is 1.48. The lowest BCUT2D eigenvalue weighted by Gasteiger charge is -2.32. The summed E-state index contributed by atoms with van der Waals surface area (Å²) in [6.45, 7) is 2.42. The second kappa shape index (κ2) is 3.79. The zero-order valence-electron chi connectivity index (χ0n) is 8.80. The number of nitrogens with zero attached hydrogens (tertiary/aromatic N) is 2. The summed E-state index contributed by atoms with van der Waals surface area (Å²) < 4.78 is 0. The van der Waals surface area contributed by atoms with Gasteiger partial charge in [-0.3, -0.25) is 4.79 Å². The molecule has 2 heterocycles. The van der Waals surface area contributed by atoms with Gasteiger partial charge in [0.2, 0.25) is 5.96 Å². The maximum atomic E-state index is 11.3. The highest BCUT2D eigenvalue weighted by molar-refractivity contribution is 6.13. The summed E-state index contributed by atoms with van der Waals surface area (Å²) in [7, 11) is 0. The SMILES string of the molecule is CC1NC2=NC(=O)CN2c2ccccc21.Cl. The van der Waals surface area contributed by atoms with Crippen LogP contribution in [0.5, 0.6) is 0 Å². The van der Waals surface area contributed by atoms with E-state index in [-0.39, 0.29) is 24.4 Å². The number of fused-ring (bicyclic) bond motifs is 3. The summed E-state index contributed by atoms with van der Waals surface area (Å²) in [6.07, 6.45) is 0. The van der Waals surface area contributed by atoms with Crippen molar-refractivity contribution in [2.75, 3.05) is 11.4 Å². The predicted molar refractivity (Wildman–Crippen MR) is 65.0 cm³/mol. The van der Waals surface area contributed by atoms with Crippen molar-refractivity contribution in [3.8, 4) is 0 Å². The third kappa shape index (κ3) is 1.46. The number of halogens is 1. The number of amides is 1. The molecule has 4 nitrogen and oxygen atoms in total. The smallest absolute Gasteiger partial charge is 0.268 e. The lowest BCUT2D eigenvalue weighted by Crippen LogP contribution is -2.44. The second-order valence-electron chi connectivity index (χ2n) is 3.84. The standard InChI is InChI=1S/C11H11N3O.ClH/c1-7-8-4-2-3-5-9(8)14-6-10(15)13-11(14)12-7;/h2-5,7H,6H2,1H3,(H,12,13,15);1H. The number of para-hydroxylation sites is 1. The number of benzene rings is 1. The van der Waals surface area contributed by atoms with E-state index in [0.717, 1.165) is 5.69 Å². The summed E-state index contributed by atoms with van der Waals surface area (Å²) in [5, 5.41) is 3.22. The van der Waals surface area contributed by atoms with E-state index in [1.54, 1.807) is 0 Å². The van der Waals surface area contributed by atoms with E-state index in [0.29, 0.717) is 12.5 Å². The van der Waals surface area contributed by atoms with Gasteiger partial charge in [-0.25, -0.2) is 0 Å². The number of nitrogens with one attached hydrogen (secondary N) is 1. The number of hydrogen-bond donors (Lipinski definition) is 1. The average molecular weight is 238 g/mol. The quantitative estimate of drug-likeness (QED) is 0.743. The molecule has 0 aromatic heterocycles. The van der Waals surface area contributed by atoms with Crippen LogP contribution < -0.4 is 10.2 Å². The van der Waals surface area contributed by atoms with Crippen molar-refractivity contribution in [1.29, 1.82) is 0 Å². The fraction of sp³-hybridized carbons (Fsp3) is 0.273. The topological polar surface area (TPSA) is 44.7 Å². The van der Waals surface area contributed by atoms with Gasteiger partial charge in [0.25, 0.3) is 5.91 Å². The van der Waals surface area contributed by atoms with Gasteiger partial charge in [-0.2, -0.15) is 4.99 Å². The van der Waals surface area contributed by atoms with E-state index in [1.807, 2.05) is 23.1 Å². The molecule has 3 rings (SSSR count).